The van der Waals surface area contributed by atoms with Gasteiger partial charge < -0.3 is 19.0 Å². The first kappa shape index (κ1) is 14.1. The molecule has 0 atom stereocenters. The average Bonchev–Trinajstić information content (AvgIpc) is 3.00. The van der Waals surface area contributed by atoms with Crippen LogP contribution in [0, 0.1) is 0 Å². The van der Waals surface area contributed by atoms with Gasteiger partial charge in [0.2, 0.25) is 0 Å². The van der Waals surface area contributed by atoms with Crippen LogP contribution in [0.15, 0.2) is 47.1 Å². The Kier molecular flexibility index (Phi) is 3.74. The topological polar surface area (TPSA) is 51.8 Å². The maximum Gasteiger partial charge on any atom is 0.175 e. The summed E-state index contributed by atoms with van der Waals surface area (Å²) in [6.45, 7) is 0. The molecule has 4 nitrogen and oxygen atoms in total. The fraction of sp³-hybridized carbons (Fsp3) is 0.111. The molecular weight excluding hydrogens is 280 g/mol. The number of benzene rings is 2. The minimum absolute atomic E-state index is 0.118. The third-order valence-electron chi connectivity index (χ3n) is 3.43. The number of ether oxygens (including phenoxy) is 2. The molecule has 0 saturated heterocycles. The first-order chi connectivity index (χ1) is 10.7. The van der Waals surface area contributed by atoms with E-state index in [1.807, 2.05) is 36.4 Å². The van der Waals surface area contributed by atoms with Gasteiger partial charge in [-0.25, -0.2) is 0 Å². The van der Waals surface area contributed by atoms with Gasteiger partial charge >= 0.3 is 0 Å². The van der Waals surface area contributed by atoms with Gasteiger partial charge in [-0.3, -0.25) is 0 Å². The third-order valence-corrected chi connectivity index (χ3v) is 3.43. The number of hydrogen-bond acceptors (Lipinski definition) is 4. The molecule has 0 aliphatic carbocycles. The number of aromatic hydroxyl groups is 1. The number of phenolic OH excluding ortho intramolecular Hbond substituents is 1. The summed E-state index contributed by atoms with van der Waals surface area (Å²) in [4.78, 5) is 0. The Hall–Kier alpha value is -2.88. The second-order valence-corrected chi connectivity index (χ2v) is 4.83. The summed E-state index contributed by atoms with van der Waals surface area (Å²) in [6.07, 6.45) is 5.51. The lowest BCUT2D eigenvalue weighted by atomic mass is 10.1. The molecule has 112 valence electrons. The van der Waals surface area contributed by atoms with Gasteiger partial charge in [0.1, 0.15) is 0 Å². The molecule has 0 aliphatic rings. The van der Waals surface area contributed by atoms with Crippen LogP contribution < -0.4 is 9.47 Å². The zero-order valence-corrected chi connectivity index (χ0v) is 12.4. The minimum Gasteiger partial charge on any atom is -0.504 e. The molecule has 0 radical (unpaired) electrons. The summed E-state index contributed by atoms with van der Waals surface area (Å²) >= 11 is 0. The Bertz CT molecular complexity index is 830. The van der Waals surface area contributed by atoms with Crippen molar-refractivity contribution in [3.63, 3.8) is 0 Å². The monoisotopic (exact) mass is 296 g/mol. The highest BCUT2D eigenvalue weighted by Crippen LogP contribution is 2.30. The number of methoxy groups -OCH3 is 2. The van der Waals surface area contributed by atoms with Crippen LogP contribution in [0.4, 0.5) is 0 Å². The van der Waals surface area contributed by atoms with Crippen LogP contribution in [0.1, 0.15) is 11.1 Å². The highest BCUT2D eigenvalue weighted by molar-refractivity contribution is 5.87. The van der Waals surface area contributed by atoms with Crippen molar-refractivity contribution in [1.29, 1.82) is 0 Å². The normalized spacial score (nSPS) is 11.2. The molecule has 0 saturated carbocycles. The summed E-state index contributed by atoms with van der Waals surface area (Å²) < 4.78 is 15.8. The van der Waals surface area contributed by atoms with Gasteiger partial charge in [-0.05, 0) is 41.5 Å². The van der Waals surface area contributed by atoms with Gasteiger partial charge in [0, 0.05) is 5.39 Å². The fourth-order valence-electron chi connectivity index (χ4n) is 2.32. The minimum atomic E-state index is 0.118. The van der Waals surface area contributed by atoms with E-state index >= 15 is 0 Å². The average molecular weight is 296 g/mol. The van der Waals surface area contributed by atoms with E-state index in [1.165, 1.54) is 7.11 Å². The van der Waals surface area contributed by atoms with Crippen LogP contribution in [0.2, 0.25) is 0 Å². The van der Waals surface area contributed by atoms with Gasteiger partial charge in [0.15, 0.2) is 22.8 Å². The quantitative estimate of drug-likeness (QED) is 0.728. The van der Waals surface area contributed by atoms with Crippen LogP contribution in [-0.4, -0.2) is 19.3 Å². The van der Waals surface area contributed by atoms with Crippen molar-refractivity contribution in [2.24, 2.45) is 0 Å². The van der Waals surface area contributed by atoms with Crippen LogP contribution in [0.3, 0.4) is 0 Å². The van der Waals surface area contributed by atoms with Gasteiger partial charge in [-0.1, -0.05) is 18.2 Å². The van der Waals surface area contributed by atoms with Crippen LogP contribution in [0.5, 0.6) is 17.2 Å². The summed E-state index contributed by atoms with van der Waals surface area (Å²) in [7, 11) is 3.14. The smallest absolute Gasteiger partial charge is 0.175 e. The van der Waals surface area contributed by atoms with E-state index < -0.39 is 0 Å². The van der Waals surface area contributed by atoms with E-state index in [0.29, 0.717) is 11.5 Å². The largest absolute Gasteiger partial charge is 0.504 e. The molecule has 0 amide bonds. The second kappa shape index (κ2) is 5.85. The van der Waals surface area contributed by atoms with Gasteiger partial charge in [0.05, 0.1) is 20.5 Å². The van der Waals surface area contributed by atoms with Crippen molar-refractivity contribution in [2.45, 2.75) is 0 Å². The van der Waals surface area contributed by atoms with E-state index in [-0.39, 0.29) is 5.75 Å². The molecular formula is C18H16O4. The summed E-state index contributed by atoms with van der Waals surface area (Å²) in [5, 5.41) is 10.8. The molecule has 3 rings (SSSR count). The summed E-state index contributed by atoms with van der Waals surface area (Å²) in [5.74, 6) is 1.27. The van der Waals surface area contributed by atoms with Gasteiger partial charge in [-0.15, -0.1) is 0 Å². The Balaban J connectivity index is 1.93. The molecule has 1 N–H and O–H groups in total. The molecule has 0 unspecified atom stereocenters. The number of hydrogen-bond donors (Lipinski definition) is 1. The molecule has 0 aliphatic heterocycles. The molecule has 1 aromatic heterocycles. The standard InChI is InChI=1S/C18H16O4/c1-20-16-6-5-12(10-15(16)19)3-4-13-9-14-7-8-22-18(14)17(11-13)21-2/h3-11,19H,1-2H3/b4-3-. The van der Waals surface area contributed by atoms with Crippen molar-refractivity contribution in [3.8, 4) is 17.2 Å². The summed E-state index contributed by atoms with van der Waals surface area (Å²) in [6, 6.07) is 11.1. The molecule has 1 heterocycles. The molecule has 0 spiro atoms. The van der Waals surface area contributed by atoms with Gasteiger partial charge in [0.25, 0.3) is 0 Å². The number of fused-ring (bicyclic) bond motifs is 1. The lowest BCUT2D eigenvalue weighted by Crippen LogP contribution is -1.85. The summed E-state index contributed by atoms with van der Waals surface area (Å²) in [5.41, 5.74) is 2.60. The molecule has 0 bridgehead atoms. The fourth-order valence-corrected chi connectivity index (χ4v) is 2.32. The first-order valence-electron chi connectivity index (χ1n) is 6.81. The van der Waals surface area contributed by atoms with Crippen molar-refractivity contribution in [1.82, 2.24) is 0 Å². The maximum atomic E-state index is 9.79. The highest BCUT2D eigenvalue weighted by Gasteiger charge is 2.06. The Morgan fingerprint density at radius 3 is 2.41 bits per heavy atom. The number of phenols is 1. The number of furan rings is 1. The lowest BCUT2D eigenvalue weighted by Gasteiger charge is -2.04. The molecule has 4 heteroatoms. The van der Waals surface area contributed by atoms with E-state index in [0.717, 1.165) is 22.1 Å². The lowest BCUT2D eigenvalue weighted by molar-refractivity contribution is 0.373. The van der Waals surface area contributed by atoms with Crippen molar-refractivity contribution >= 4 is 23.1 Å². The molecule has 2 aromatic carbocycles. The molecule has 22 heavy (non-hydrogen) atoms. The predicted octanol–water partition coefficient (Wildman–Crippen LogP) is 4.33. The highest BCUT2D eigenvalue weighted by atomic mass is 16.5. The number of rotatable bonds is 4. The zero-order chi connectivity index (χ0) is 15.5. The SMILES string of the molecule is COc1ccc(/C=C\c2cc(OC)c3occc3c2)cc1O. The van der Waals surface area contributed by atoms with E-state index in [9.17, 15) is 5.11 Å². The van der Waals surface area contributed by atoms with Crippen LogP contribution in [-0.2, 0) is 0 Å². The van der Waals surface area contributed by atoms with Crippen molar-refractivity contribution in [2.75, 3.05) is 14.2 Å². The predicted molar refractivity (Wildman–Crippen MR) is 86.4 cm³/mol. The van der Waals surface area contributed by atoms with Crippen molar-refractivity contribution < 1.29 is 19.0 Å². The van der Waals surface area contributed by atoms with Gasteiger partial charge in [-0.2, -0.15) is 0 Å². The Morgan fingerprint density at radius 1 is 0.909 bits per heavy atom. The molecule has 3 aromatic rings. The van der Waals surface area contributed by atoms with Crippen LogP contribution >= 0.6 is 0 Å². The zero-order valence-electron chi connectivity index (χ0n) is 12.4. The van der Waals surface area contributed by atoms with Crippen LogP contribution in [0.25, 0.3) is 23.1 Å². The van der Waals surface area contributed by atoms with E-state index in [4.69, 9.17) is 13.9 Å². The Morgan fingerprint density at radius 2 is 1.68 bits per heavy atom. The Labute approximate surface area is 128 Å². The second-order valence-electron chi connectivity index (χ2n) is 4.83. The van der Waals surface area contributed by atoms with Crippen molar-refractivity contribution in [3.05, 3.63) is 53.8 Å². The van der Waals surface area contributed by atoms with E-state index in [2.05, 4.69) is 0 Å². The molecule has 0 fully saturated rings. The third kappa shape index (κ3) is 2.63. The maximum absolute atomic E-state index is 9.79. The first-order valence-corrected chi connectivity index (χ1v) is 6.81. The van der Waals surface area contributed by atoms with E-state index in [1.54, 1.807) is 25.5 Å².